The van der Waals surface area contributed by atoms with Crippen molar-refractivity contribution < 1.29 is 14.2 Å². The van der Waals surface area contributed by atoms with Gasteiger partial charge in [-0.3, -0.25) is 0 Å². The van der Waals surface area contributed by atoms with Gasteiger partial charge in [-0.25, -0.2) is 0 Å². The zero-order chi connectivity index (χ0) is 14.9. The fraction of sp³-hybridized carbons (Fsp3) is 0.647. The fourth-order valence-electron chi connectivity index (χ4n) is 2.50. The molecule has 0 spiro atoms. The molecule has 4 heteroatoms. The van der Waals surface area contributed by atoms with Gasteiger partial charge in [0.05, 0.1) is 33.0 Å². The Hall–Kier alpha value is -1.10. The van der Waals surface area contributed by atoms with Crippen LogP contribution in [-0.2, 0) is 9.47 Å². The lowest BCUT2D eigenvalue weighted by molar-refractivity contribution is 0.0744. The van der Waals surface area contributed by atoms with Crippen LogP contribution in [-0.4, -0.2) is 40.1 Å². The van der Waals surface area contributed by atoms with Crippen LogP contribution < -0.4 is 10.1 Å². The molecule has 1 fully saturated rings. The molecule has 1 N–H and O–H groups in total. The summed E-state index contributed by atoms with van der Waals surface area (Å²) >= 11 is 0. The van der Waals surface area contributed by atoms with Gasteiger partial charge in [0.15, 0.2) is 0 Å². The van der Waals surface area contributed by atoms with Crippen LogP contribution >= 0.6 is 0 Å². The van der Waals surface area contributed by atoms with E-state index in [4.69, 9.17) is 14.2 Å². The zero-order valence-corrected chi connectivity index (χ0v) is 13.1. The Bertz CT molecular complexity index is 388. The fourth-order valence-corrected chi connectivity index (χ4v) is 2.50. The van der Waals surface area contributed by atoms with E-state index >= 15 is 0 Å². The van der Waals surface area contributed by atoms with Gasteiger partial charge in [0.25, 0.3) is 0 Å². The van der Waals surface area contributed by atoms with Crippen molar-refractivity contribution in [3.8, 4) is 5.75 Å². The topological polar surface area (TPSA) is 39.7 Å². The average Bonchev–Trinajstić information content (AvgIpc) is 3.04. The molecular weight excluding hydrogens is 266 g/mol. The first-order chi connectivity index (χ1) is 10.3. The van der Waals surface area contributed by atoms with E-state index in [2.05, 4.69) is 24.4 Å². The van der Waals surface area contributed by atoms with Crippen molar-refractivity contribution in [1.82, 2.24) is 5.32 Å². The van der Waals surface area contributed by atoms with E-state index in [1.807, 2.05) is 12.1 Å². The van der Waals surface area contributed by atoms with Crippen LogP contribution in [0.2, 0.25) is 0 Å². The number of hydrogen-bond acceptors (Lipinski definition) is 4. The molecule has 2 unspecified atom stereocenters. The maximum absolute atomic E-state index is 5.91. The van der Waals surface area contributed by atoms with E-state index in [1.54, 1.807) is 7.11 Å². The van der Waals surface area contributed by atoms with E-state index < -0.39 is 0 Å². The molecule has 21 heavy (non-hydrogen) atoms. The Morgan fingerprint density at radius 3 is 2.76 bits per heavy atom. The summed E-state index contributed by atoms with van der Waals surface area (Å²) in [7, 11) is 1.69. The molecule has 2 rings (SSSR count). The summed E-state index contributed by atoms with van der Waals surface area (Å²) in [6.07, 6.45) is 2.23. The van der Waals surface area contributed by atoms with Crippen LogP contribution in [0.15, 0.2) is 24.3 Å². The van der Waals surface area contributed by atoms with Crippen LogP contribution in [0.1, 0.15) is 31.4 Å². The van der Waals surface area contributed by atoms with Gasteiger partial charge >= 0.3 is 0 Å². The molecule has 118 valence electrons. The van der Waals surface area contributed by atoms with Crippen molar-refractivity contribution in [1.29, 1.82) is 0 Å². The third-order valence-electron chi connectivity index (χ3n) is 3.82. The number of nitrogens with one attached hydrogen (secondary N) is 1. The second-order valence-corrected chi connectivity index (χ2v) is 5.55. The van der Waals surface area contributed by atoms with Crippen molar-refractivity contribution in [2.24, 2.45) is 5.92 Å². The predicted octanol–water partition coefficient (Wildman–Crippen LogP) is 2.79. The molecule has 2 atom stereocenters. The average molecular weight is 293 g/mol. The maximum atomic E-state index is 5.91. The van der Waals surface area contributed by atoms with Gasteiger partial charge in [-0.05, 0) is 37.1 Å². The summed E-state index contributed by atoms with van der Waals surface area (Å²) in [5.74, 6) is 1.45. The number of benzene rings is 1. The Balaban J connectivity index is 1.85. The zero-order valence-electron chi connectivity index (χ0n) is 13.1. The third kappa shape index (κ3) is 5.30. The van der Waals surface area contributed by atoms with Crippen molar-refractivity contribution in [2.45, 2.75) is 25.8 Å². The summed E-state index contributed by atoms with van der Waals surface area (Å²) < 4.78 is 16.5. The van der Waals surface area contributed by atoms with Gasteiger partial charge in [0, 0.05) is 12.5 Å². The summed E-state index contributed by atoms with van der Waals surface area (Å²) in [5.41, 5.74) is 1.24. The first kappa shape index (κ1) is 16.3. The van der Waals surface area contributed by atoms with E-state index in [9.17, 15) is 0 Å². The van der Waals surface area contributed by atoms with Crippen molar-refractivity contribution >= 4 is 0 Å². The molecule has 0 saturated carbocycles. The van der Waals surface area contributed by atoms with Crippen molar-refractivity contribution in [3.05, 3.63) is 29.8 Å². The normalized spacial score (nSPS) is 19.6. The molecule has 1 aromatic rings. The van der Waals surface area contributed by atoms with E-state index in [0.29, 0.717) is 12.5 Å². The molecule has 1 aliphatic heterocycles. The van der Waals surface area contributed by atoms with Crippen LogP contribution in [0.25, 0.3) is 0 Å². The summed E-state index contributed by atoms with van der Waals surface area (Å²) in [6.45, 7) is 6.38. The van der Waals surface area contributed by atoms with E-state index in [1.165, 1.54) is 5.56 Å². The summed E-state index contributed by atoms with van der Waals surface area (Å²) in [5, 5.41) is 3.55. The minimum atomic E-state index is 0.234. The van der Waals surface area contributed by atoms with Crippen LogP contribution in [0, 0.1) is 5.92 Å². The van der Waals surface area contributed by atoms with Gasteiger partial charge in [-0.1, -0.05) is 19.1 Å². The number of methoxy groups -OCH3 is 1. The lowest BCUT2D eigenvalue weighted by Gasteiger charge is -2.20. The van der Waals surface area contributed by atoms with Gasteiger partial charge in [-0.15, -0.1) is 0 Å². The molecule has 0 bridgehead atoms. The van der Waals surface area contributed by atoms with E-state index in [0.717, 1.165) is 45.0 Å². The third-order valence-corrected chi connectivity index (χ3v) is 3.82. The highest BCUT2D eigenvalue weighted by Gasteiger charge is 2.17. The Morgan fingerprint density at radius 1 is 1.33 bits per heavy atom. The monoisotopic (exact) mass is 293 g/mol. The minimum Gasteiger partial charge on any atom is -0.497 e. The largest absolute Gasteiger partial charge is 0.497 e. The molecule has 0 aliphatic carbocycles. The molecule has 1 saturated heterocycles. The number of rotatable bonds is 9. The molecule has 1 aromatic carbocycles. The van der Waals surface area contributed by atoms with Crippen LogP contribution in [0.3, 0.4) is 0 Å². The standard InChI is InChI=1S/C17H27NO3/c1-3-9-18-17(13-21-12-14-8-10-20-11-14)15-4-6-16(19-2)7-5-15/h4-7,14,17-18H,3,8-13H2,1-2H3. The molecule has 0 aromatic heterocycles. The van der Waals surface area contributed by atoms with Crippen molar-refractivity contribution in [2.75, 3.05) is 40.1 Å². The van der Waals surface area contributed by atoms with Gasteiger partial charge in [0.1, 0.15) is 5.75 Å². The SMILES string of the molecule is CCCNC(COCC1CCOC1)c1ccc(OC)cc1. The second-order valence-electron chi connectivity index (χ2n) is 5.55. The Kier molecular flexibility index (Phi) is 7.00. The van der Waals surface area contributed by atoms with Gasteiger partial charge in [-0.2, -0.15) is 0 Å². The Morgan fingerprint density at radius 2 is 2.14 bits per heavy atom. The van der Waals surface area contributed by atoms with Crippen molar-refractivity contribution in [3.63, 3.8) is 0 Å². The van der Waals surface area contributed by atoms with Gasteiger partial charge in [0.2, 0.25) is 0 Å². The lowest BCUT2D eigenvalue weighted by atomic mass is 10.1. The highest BCUT2D eigenvalue weighted by atomic mass is 16.5. The van der Waals surface area contributed by atoms with Gasteiger partial charge < -0.3 is 19.5 Å². The number of hydrogen-bond donors (Lipinski definition) is 1. The predicted molar refractivity (Wildman–Crippen MR) is 83.8 cm³/mol. The second kappa shape index (κ2) is 9.03. The minimum absolute atomic E-state index is 0.234. The first-order valence-electron chi connectivity index (χ1n) is 7.86. The van der Waals surface area contributed by atoms with E-state index in [-0.39, 0.29) is 6.04 Å². The molecular formula is C17H27NO3. The quantitative estimate of drug-likeness (QED) is 0.760. The summed E-state index contributed by atoms with van der Waals surface area (Å²) in [4.78, 5) is 0. The Labute approximate surface area is 127 Å². The smallest absolute Gasteiger partial charge is 0.118 e. The first-order valence-corrected chi connectivity index (χ1v) is 7.86. The molecule has 0 radical (unpaired) electrons. The molecule has 1 heterocycles. The molecule has 0 amide bonds. The molecule has 4 nitrogen and oxygen atoms in total. The summed E-state index contributed by atoms with van der Waals surface area (Å²) in [6, 6.07) is 8.45. The van der Waals surface area contributed by atoms with Crippen LogP contribution in [0.5, 0.6) is 5.75 Å². The molecule has 1 aliphatic rings. The number of ether oxygens (including phenoxy) is 3. The highest BCUT2D eigenvalue weighted by molar-refractivity contribution is 5.29. The van der Waals surface area contributed by atoms with Crippen LogP contribution in [0.4, 0.5) is 0 Å². The highest BCUT2D eigenvalue weighted by Crippen LogP contribution is 2.19. The lowest BCUT2D eigenvalue weighted by Crippen LogP contribution is -2.27. The maximum Gasteiger partial charge on any atom is 0.118 e.